The third-order valence-electron chi connectivity index (χ3n) is 6.75. The topological polar surface area (TPSA) is 125 Å². The SMILES string of the molecule is Cn1nc(OCC(=O)N2CCC(c3nc(C4=NOC(c5c(Cl)cccc5OS(C)(=O)=O)C4)cs3)CC2)cc1C(F)(F)F. The van der Waals surface area contributed by atoms with Gasteiger partial charge in [0, 0.05) is 43.9 Å². The maximum Gasteiger partial charge on any atom is 0.433 e. The first-order valence-electron chi connectivity index (χ1n) is 12.7. The lowest BCUT2D eigenvalue weighted by Crippen LogP contribution is -2.40. The Morgan fingerprint density at radius 2 is 2.00 bits per heavy atom. The minimum absolute atomic E-state index is 0.0724. The number of rotatable bonds is 8. The van der Waals surface area contributed by atoms with Gasteiger partial charge in [-0.05, 0) is 25.0 Å². The van der Waals surface area contributed by atoms with Gasteiger partial charge >= 0.3 is 16.3 Å². The molecule has 3 aromatic rings. The van der Waals surface area contributed by atoms with Crippen molar-refractivity contribution in [1.29, 1.82) is 0 Å². The summed E-state index contributed by atoms with van der Waals surface area (Å²) in [5.41, 5.74) is 0.633. The summed E-state index contributed by atoms with van der Waals surface area (Å²) >= 11 is 7.81. The molecule has 4 heterocycles. The van der Waals surface area contributed by atoms with Crippen LogP contribution in [0.2, 0.25) is 5.02 Å². The number of nitrogens with zero attached hydrogens (tertiary/aromatic N) is 5. The summed E-state index contributed by atoms with van der Waals surface area (Å²) in [7, 11) is -2.63. The molecule has 0 bridgehead atoms. The van der Waals surface area contributed by atoms with Crippen LogP contribution >= 0.6 is 22.9 Å². The van der Waals surface area contributed by atoms with E-state index in [4.69, 9.17) is 30.3 Å². The van der Waals surface area contributed by atoms with Gasteiger partial charge in [-0.2, -0.15) is 21.6 Å². The van der Waals surface area contributed by atoms with Crippen molar-refractivity contribution in [2.75, 3.05) is 26.0 Å². The number of carbonyl (C=O) groups is 1. The minimum Gasteiger partial charge on any atom is -0.466 e. The van der Waals surface area contributed by atoms with E-state index in [9.17, 15) is 26.4 Å². The van der Waals surface area contributed by atoms with E-state index in [2.05, 4.69) is 10.3 Å². The highest BCUT2D eigenvalue weighted by molar-refractivity contribution is 7.86. The van der Waals surface area contributed by atoms with Crippen molar-refractivity contribution in [3.8, 4) is 11.6 Å². The Kier molecular flexibility index (Phi) is 8.40. The van der Waals surface area contributed by atoms with Gasteiger partial charge in [0.25, 0.3) is 5.91 Å². The summed E-state index contributed by atoms with van der Waals surface area (Å²) in [6.45, 7) is 0.475. The number of piperidine rings is 1. The Balaban J connectivity index is 1.15. The molecule has 0 aliphatic carbocycles. The van der Waals surface area contributed by atoms with Crippen LogP contribution in [0.1, 0.15) is 53.2 Å². The normalized spacial score (nSPS) is 18.1. The molecule has 11 nitrogen and oxygen atoms in total. The zero-order valence-corrected chi connectivity index (χ0v) is 24.7. The Hall–Kier alpha value is -3.37. The number of hydrogen-bond acceptors (Lipinski definition) is 10. The van der Waals surface area contributed by atoms with E-state index >= 15 is 0 Å². The highest BCUT2D eigenvalue weighted by Gasteiger charge is 2.36. The molecule has 2 aromatic heterocycles. The molecule has 1 fully saturated rings. The van der Waals surface area contributed by atoms with Gasteiger partial charge in [-0.1, -0.05) is 22.8 Å². The first-order valence-corrected chi connectivity index (χ1v) is 15.7. The lowest BCUT2D eigenvalue weighted by Gasteiger charge is -2.31. The van der Waals surface area contributed by atoms with Crippen LogP contribution in [0.4, 0.5) is 13.2 Å². The molecule has 2 aliphatic heterocycles. The number of alkyl halides is 3. The molecule has 226 valence electrons. The van der Waals surface area contributed by atoms with Crippen LogP contribution in [0.25, 0.3) is 0 Å². The van der Waals surface area contributed by atoms with E-state index in [1.807, 2.05) is 5.38 Å². The van der Waals surface area contributed by atoms with Crippen LogP contribution in [0.5, 0.6) is 11.6 Å². The van der Waals surface area contributed by atoms with E-state index in [-0.39, 0.29) is 28.5 Å². The second-order valence-electron chi connectivity index (χ2n) is 9.78. The Labute approximate surface area is 247 Å². The van der Waals surface area contributed by atoms with Gasteiger partial charge in [0.15, 0.2) is 18.5 Å². The lowest BCUT2D eigenvalue weighted by molar-refractivity contribution is -0.143. The number of thiazole rings is 1. The Bertz CT molecular complexity index is 1620. The quantitative estimate of drug-likeness (QED) is 0.327. The standard InChI is InChI=1S/C25H25ClF3N5O6S2/c1-33-20(25(27,28)29)11-21(31-33)38-12-22(35)34-8-6-14(7-9-34)24-30-17(13-41-24)16-10-19(39-32-16)23-15(26)4-3-5-18(23)40-42(2,36)37/h3-5,11,13-14,19H,6-10,12H2,1-2H3. The average Bonchev–Trinajstić information content (AvgIpc) is 3.66. The number of hydrogen-bond donors (Lipinski definition) is 0. The van der Waals surface area contributed by atoms with Crippen molar-refractivity contribution in [1.82, 2.24) is 19.7 Å². The van der Waals surface area contributed by atoms with Crippen molar-refractivity contribution in [2.24, 2.45) is 12.2 Å². The largest absolute Gasteiger partial charge is 0.466 e. The summed E-state index contributed by atoms with van der Waals surface area (Å²) in [5, 5.41) is 10.9. The molecular weight excluding hydrogens is 623 g/mol. The molecule has 5 rings (SSSR count). The molecule has 0 radical (unpaired) electrons. The van der Waals surface area contributed by atoms with E-state index in [0.29, 0.717) is 54.0 Å². The predicted molar refractivity (Wildman–Crippen MR) is 146 cm³/mol. The highest BCUT2D eigenvalue weighted by Crippen LogP contribution is 2.40. The molecule has 1 unspecified atom stereocenters. The van der Waals surface area contributed by atoms with Crippen LogP contribution in [0.3, 0.4) is 0 Å². The van der Waals surface area contributed by atoms with Crippen molar-refractivity contribution >= 4 is 44.7 Å². The van der Waals surface area contributed by atoms with E-state index < -0.39 is 34.7 Å². The number of carbonyl (C=O) groups excluding carboxylic acids is 1. The molecule has 1 saturated heterocycles. The van der Waals surface area contributed by atoms with Gasteiger partial charge in [0.05, 0.1) is 27.5 Å². The molecule has 0 saturated carbocycles. The molecule has 1 atom stereocenters. The number of oxime groups is 1. The molecule has 0 spiro atoms. The number of benzene rings is 1. The molecule has 2 aliphatic rings. The summed E-state index contributed by atoms with van der Waals surface area (Å²) in [6.07, 6.45) is -2.68. The molecule has 1 aromatic carbocycles. The fourth-order valence-electron chi connectivity index (χ4n) is 4.74. The number of aromatic nitrogens is 3. The Morgan fingerprint density at radius 1 is 1.26 bits per heavy atom. The fraction of sp³-hybridized carbons (Fsp3) is 0.440. The van der Waals surface area contributed by atoms with Crippen molar-refractivity contribution in [2.45, 2.75) is 37.5 Å². The van der Waals surface area contributed by atoms with Crippen LogP contribution in [0.15, 0.2) is 34.8 Å². The van der Waals surface area contributed by atoms with Gasteiger partial charge in [-0.3, -0.25) is 9.48 Å². The van der Waals surface area contributed by atoms with E-state index in [0.717, 1.165) is 24.4 Å². The third kappa shape index (κ3) is 6.81. The van der Waals surface area contributed by atoms with Crippen LogP contribution in [-0.4, -0.2) is 65.7 Å². The third-order valence-corrected chi connectivity index (χ3v) is 8.57. The lowest BCUT2D eigenvalue weighted by atomic mass is 9.97. The number of halogens is 4. The second-order valence-corrected chi connectivity index (χ2v) is 12.7. The summed E-state index contributed by atoms with van der Waals surface area (Å²) < 4.78 is 73.2. The number of amides is 1. The highest BCUT2D eigenvalue weighted by atomic mass is 35.5. The first kappa shape index (κ1) is 30.1. The van der Waals surface area contributed by atoms with Crippen LogP contribution in [0, 0.1) is 0 Å². The van der Waals surface area contributed by atoms with Gasteiger partial charge in [0.1, 0.15) is 11.4 Å². The summed E-state index contributed by atoms with van der Waals surface area (Å²) in [6, 6.07) is 5.45. The summed E-state index contributed by atoms with van der Waals surface area (Å²) in [4.78, 5) is 24.5. The van der Waals surface area contributed by atoms with Crippen molar-refractivity contribution < 1.29 is 40.1 Å². The fourth-order valence-corrected chi connectivity index (χ4v) is 6.50. The van der Waals surface area contributed by atoms with E-state index in [1.165, 1.54) is 17.4 Å². The molecular formula is C25H25ClF3N5O6S2. The zero-order chi connectivity index (χ0) is 30.2. The first-order chi connectivity index (χ1) is 19.8. The number of likely N-dealkylation sites (tertiary alicyclic amines) is 1. The van der Waals surface area contributed by atoms with Gasteiger partial charge in [-0.25, -0.2) is 4.98 Å². The number of ether oxygens (including phenoxy) is 1. The smallest absolute Gasteiger partial charge is 0.433 e. The number of aryl methyl sites for hydroxylation is 1. The minimum atomic E-state index is -4.57. The van der Waals surface area contributed by atoms with Crippen LogP contribution < -0.4 is 8.92 Å². The molecule has 0 N–H and O–H groups in total. The second kappa shape index (κ2) is 11.7. The predicted octanol–water partition coefficient (Wildman–Crippen LogP) is 4.54. The Morgan fingerprint density at radius 3 is 2.67 bits per heavy atom. The summed E-state index contributed by atoms with van der Waals surface area (Å²) in [5.74, 6) is -0.424. The zero-order valence-electron chi connectivity index (χ0n) is 22.3. The molecule has 17 heteroatoms. The molecule has 42 heavy (non-hydrogen) atoms. The maximum absolute atomic E-state index is 12.9. The van der Waals surface area contributed by atoms with Crippen molar-refractivity contribution in [3.05, 3.63) is 56.6 Å². The monoisotopic (exact) mass is 647 g/mol. The van der Waals surface area contributed by atoms with Gasteiger partial charge < -0.3 is 18.7 Å². The van der Waals surface area contributed by atoms with Gasteiger partial charge in [0.2, 0.25) is 5.88 Å². The van der Waals surface area contributed by atoms with E-state index in [1.54, 1.807) is 17.0 Å². The average molecular weight is 648 g/mol. The van der Waals surface area contributed by atoms with Crippen LogP contribution in [-0.2, 0) is 33.0 Å². The molecule has 1 amide bonds. The maximum atomic E-state index is 12.9. The van der Waals surface area contributed by atoms with Crippen molar-refractivity contribution in [3.63, 3.8) is 0 Å². The van der Waals surface area contributed by atoms with Gasteiger partial charge in [-0.15, -0.1) is 16.4 Å².